The molecule has 1 aliphatic carbocycles. The van der Waals surface area contributed by atoms with E-state index < -0.39 is 62.4 Å². The summed E-state index contributed by atoms with van der Waals surface area (Å²) in [7, 11) is -2.29. The van der Waals surface area contributed by atoms with Crippen LogP contribution in [0.15, 0.2) is 59.5 Å². The number of carbonyl (C=O) groups is 2. The minimum Gasteiger partial charge on any atom is -0.611 e. The molecule has 0 aromatic heterocycles. The molecule has 45 heavy (non-hydrogen) atoms. The Morgan fingerprint density at radius 1 is 1.11 bits per heavy atom. The minimum atomic E-state index is -3.91. The third-order valence-electron chi connectivity index (χ3n) is 7.80. The number of rotatable bonds is 14. The van der Waals surface area contributed by atoms with Crippen LogP contribution in [-0.4, -0.2) is 78.8 Å². The van der Waals surface area contributed by atoms with Crippen LogP contribution in [0.3, 0.4) is 0 Å². The second-order valence-electron chi connectivity index (χ2n) is 12.8. The molecule has 0 radical (unpaired) electrons. The molecule has 4 N–H and O–H groups in total. The van der Waals surface area contributed by atoms with Gasteiger partial charge in [0.25, 0.3) is 0 Å². The molecule has 0 aliphatic heterocycles. The molecule has 0 heterocycles. The zero-order valence-electron chi connectivity index (χ0n) is 26.5. The number of carbonyl (C=O) groups excluding carboxylic acids is 2. The summed E-state index contributed by atoms with van der Waals surface area (Å²) in [5.74, 6) is -2.41. The van der Waals surface area contributed by atoms with E-state index in [0.29, 0.717) is 19.3 Å². The SMILES string of the molecule is COC1CCC(C(=O)NC(C)(C)C)C(CC(O)C(Cc2ccccc2)NC(=O)C(C[S+]([O-])c2ccc(F)cc2)NS(C)(=O)=O)C1. The van der Waals surface area contributed by atoms with Crippen LogP contribution in [0.2, 0.25) is 0 Å². The smallest absolute Gasteiger partial charge is 0.243 e. The number of aliphatic hydroxyl groups is 1. The van der Waals surface area contributed by atoms with Crippen LogP contribution in [0, 0.1) is 17.7 Å². The normalized spacial score (nSPS) is 21.7. The lowest BCUT2D eigenvalue weighted by Gasteiger charge is -2.38. The maximum Gasteiger partial charge on any atom is 0.243 e. The highest BCUT2D eigenvalue weighted by Gasteiger charge is 2.39. The highest BCUT2D eigenvalue weighted by molar-refractivity contribution is 7.91. The fraction of sp³-hybridized carbons (Fsp3) is 0.562. The summed E-state index contributed by atoms with van der Waals surface area (Å²) in [6.07, 6.45) is 1.96. The van der Waals surface area contributed by atoms with Crippen molar-refractivity contribution in [2.75, 3.05) is 19.1 Å². The van der Waals surface area contributed by atoms with Crippen LogP contribution in [-0.2, 0) is 41.9 Å². The number of sulfonamides is 1. The summed E-state index contributed by atoms with van der Waals surface area (Å²) >= 11 is -1.85. The molecular weight excluding hydrogens is 621 g/mol. The van der Waals surface area contributed by atoms with Gasteiger partial charge in [-0.3, -0.25) is 9.59 Å². The first-order chi connectivity index (χ1) is 21.0. The van der Waals surface area contributed by atoms with E-state index in [9.17, 15) is 32.1 Å². The fourth-order valence-electron chi connectivity index (χ4n) is 5.67. The van der Waals surface area contributed by atoms with Gasteiger partial charge in [0.1, 0.15) is 17.6 Å². The molecule has 1 saturated carbocycles. The number of nitrogens with one attached hydrogen (secondary N) is 3. The van der Waals surface area contributed by atoms with Crippen molar-refractivity contribution in [1.82, 2.24) is 15.4 Å². The van der Waals surface area contributed by atoms with Crippen LogP contribution in [0.25, 0.3) is 0 Å². The van der Waals surface area contributed by atoms with Crippen LogP contribution < -0.4 is 15.4 Å². The predicted octanol–water partition coefficient (Wildman–Crippen LogP) is 2.68. The zero-order chi connectivity index (χ0) is 33.4. The Bertz CT molecular complexity index is 1360. The quantitative estimate of drug-likeness (QED) is 0.226. The molecule has 1 aliphatic rings. The Morgan fingerprint density at radius 3 is 2.33 bits per heavy atom. The first-order valence-corrected chi connectivity index (χ1v) is 18.2. The average molecular weight is 668 g/mol. The predicted molar refractivity (Wildman–Crippen MR) is 172 cm³/mol. The molecule has 0 saturated heterocycles. The Balaban J connectivity index is 1.85. The number of halogens is 1. The van der Waals surface area contributed by atoms with E-state index in [2.05, 4.69) is 15.4 Å². The van der Waals surface area contributed by atoms with Gasteiger partial charge in [-0.2, -0.15) is 4.72 Å². The Morgan fingerprint density at radius 2 is 1.76 bits per heavy atom. The van der Waals surface area contributed by atoms with Gasteiger partial charge < -0.3 is 25.0 Å². The lowest BCUT2D eigenvalue weighted by Crippen LogP contribution is -2.55. The van der Waals surface area contributed by atoms with Crippen molar-refractivity contribution in [1.29, 1.82) is 0 Å². The third-order valence-corrected chi connectivity index (χ3v) is 9.95. The van der Waals surface area contributed by atoms with Crippen molar-refractivity contribution in [3.05, 3.63) is 66.0 Å². The van der Waals surface area contributed by atoms with Gasteiger partial charge in [-0.05, 0) is 99.8 Å². The van der Waals surface area contributed by atoms with Gasteiger partial charge in [0, 0.05) is 18.6 Å². The van der Waals surface area contributed by atoms with E-state index in [4.69, 9.17) is 4.74 Å². The van der Waals surface area contributed by atoms with Crippen LogP contribution >= 0.6 is 0 Å². The molecular formula is C32H46FN3O7S2. The number of methoxy groups -OCH3 is 1. The van der Waals surface area contributed by atoms with Crippen molar-refractivity contribution in [3.63, 3.8) is 0 Å². The molecule has 2 aromatic carbocycles. The van der Waals surface area contributed by atoms with Gasteiger partial charge in [0.2, 0.25) is 21.8 Å². The van der Waals surface area contributed by atoms with Crippen molar-refractivity contribution >= 4 is 33.0 Å². The number of ether oxygens (including phenoxy) is 1. The minimum absolute atomic E-state index is 0.0761. The maximum atomic E-state index is 13.6. The van der Waals surface area contributed by atoms with Gasteiger partial charge in [-0.15, -0.1) is 0 Å². The second-order valence-corrected chi connectivity index (χ2v) is 16.1. The van der Waals surface area contributed by atoms with Gasteiger partial charge in [0.15, 0.2) is 4.90 Å². The number of hydrogen-bond acceptors (Lipinski definition) is 7. The largest absolute Gasteiger partial charge is 0.611 e. The highest BCUT2D eigenvalue weighted by Crippen LogP contribution is 2.36. The summed E-state index contributed by atoms with van der Waals surface area (Å²) in [6, 6.07) is 11.8. The van der Waals surface area contributed by atoms with Gasteiger partial charge in [-0.1, -0.05) is 30.3 Å². The van der Waals surface area contributed by atoms with Crippen molar-refractivity contribution in [2.45, 2.75) is 87.6 Å². The molecule has 2 amide bonds. The molecule has 0 spiro atoms. The number of benzene rings is 2. The number of amides is 2. The molecule has 0 bridgehead atoms. The molecule has 250 valence electrons. The van der Waals surface area contributed by atoms with Crippen molar-refractivity contribution in [3.8, 4) is 0 Å². The van der Waals surface area contributed by atoms with E-state index in [1.165, 1.54) is 12.1 Å². The highest BCUT2D eigenvalue weighted by atomic mass is 32.2. The summed E-state index contributed by atoms with van der Waals surface area (Å²) < 4.78 is 58.7. The van der Waals surface area contributed by atoms with Gasteiger partial charge in [0.05, 0.1) is 24.5 Å². The van der Waals surface area contributed by atoms with Crippen LogP contribution in [0.5, 0.6) is 0 Å². The first kappa shape index (κ1) is 36.9. The van der Waals surface area contributed by atoms with Crippen molar-refractivity contribution < 1.29 is 36.8 Å². The van der Waals surface area contributed by atoms with Gasteiger partial charge >= 0.3 is 0 Å². The molecule has 2 aromatic rings. The molecule has 1 fully saturated rings. The fourth-order valence-corrected chi connectivity index (χ4v) is 7.65. The molecule has 7 unspecified atom stereocenters. The van der Waals surface area contributed by atoms with E-state index in [1.54, 1.807) is 7.11 Å². The molecule has 7 atom stereocenters. The van der Waals surface area contributed by atoms with Crippen LogP contribution in [0.4, 0.5) is 4.39 Å². The van der Waals surface area contributed by atoms with E-state index in [0.717, 1.165) is 24.0 Å². The lowest BCUT2D eigenvalue weighted by atomic mass is 9.73. The second kappa shape index (κ2) is 16.3. The van der Waals surface area contributed by atoms with E-state index in [1.807, 2.05) is 51.1 Å². The topological polar surface area (TPSA) is 157 Å². The maximum absolute atomic E-state index is 13.6. The first-order valence-electron chi connectivity index (χ1n) is 15.0. The van der Waals surface area contributed by atoms with Crippen LogP contribution in [0.1, 0.15) is 52.0 Å². The lowest BCUT2D eigenvalue weighted by molar-refractivity contribution is -0.132. The summed E-state index contributed by atoms with van der Waals surface area (Å²) in [4.78, 5) is 27.2. The Hall–Kier alpha value is -2.55. The van der Waals surface area contributed by atoms with E-state index >= 15 is 0 Å². The standard InChI is InChI=1S/C32H46FN3O7S2/c1-32(2,3)35-30(38)26-16-13-24(43-4)18-22(26)19-29(37)27(17-21-9-7-6-8-10-21)34-31(39)28(36-45(5,41)42)20-44(40)25-14-11-23(33)12-15-25/h6-12,14-15,22,24,26-29,36-37H,13,16-20H2,1-5H3,(H,34,39)(H,35,38). The summed E-state index contributed by atoms with van der Waals surface area (Å²) in [5, 5.41) is 17.5. The monoisotopic (exact) mass is 667 g/mol. The van der Waals surface area contributed by atoms with Gasteiger partial charge in [-0.25, -0.2) is 12.8 Å². The Kier molecular flexibility index (Phi) is 13.4. The zero-order valence-corrected chi connectivity index (χ0v) is 28.1. The third kappa shape index (κ3) is 12.3. The Labute approximate surface area is 269 Å². The molecule has 10 nitrogen and oxygen atoms in total. The molecule has 3 rings (SSSR count). The summed E-state index contributed by atoms with van der Waals surface area (Å²) in [6.45, 7) is 5.72. The van der Waals surface area contributed by atoms with Crippen molar-refractivity contribution in [2.24, 2.45) is 11.8 Å². The van der Waals surface area contributed by atoms with E-state index in [-0.39, 0.29) is 41.6 Å². The molecule has 13 heteroatoms. The number of hydrogen-bond donors (Lipinski definition) is 4. The summed E-state index contributed by atoms with van der Waals surface area (Å²) in [5.41, 5.74) is 0.391. The number of aliphatic hydroxyl groups excluding tert-OH is 1. The average Bonchev–Trinajstić information content (AvgIpc) is 2.95.